The van der Waals surface area contributed by atoms with Crippen LogP contribution in [0, 0.1) is 0 Å². The molecule has 15 heavy (non-hydrogen) atoms. The normalized spacial score (nSPS) is 16.5. The standard InChI is InChI=1S/C12H15NO2/c14-12(11-6-2-1-3-7-11)15-10-13-8-4-5-9-13/h1-3,6-7H,4-5,8-10H2. The lowest BCUT2D eigenvalue weighted by Crippen LogP contribution is -2.24. The van der Waals surface area contributed by atoms with Gasteiger partial charge in [-0.1, -0.05) is 18.2 Å². The highest BCUT2D eigenvalue weighted by Crippen LogP contribution is 2.08. The van der Waals surface area contributed by atoms with Crippen LogP contribution in [0.25, 0.3) is 0 Å². The lowest BCUT2D eigenvalue weighted by molar-refractivity contribution is 0.0269. The Bertz CT molecular complexity index is 318. The number of likely N-dealkylation sites (tertiary alicyclic amines) is 1. The number of ether oxygens (including phenoxy) is 1. The van der Waals surface area contributed by atoms with Crippen LogP contribution in [0.15, 0.2) is 30.3 Å². The second kappa shape index (κ2) is 4.94. The van der Waals surface area contributed by atoms with E-state index >= 15 is 0 Å². The van der Waals surface area contributed by atoms with Crippen LogP contribution < -0.4 is 0 Å². The number of carbonyl (C=O) groups is 1. The van der Waals surface area contributed by atoms with Crippen molar-refractivity contribution >= 4 is 5.97 Å². The molecular formula is C12H15NO2. The Labute approximate surface area is 89.7 Å². The Balaban J connectivity index is 1.82. The minimum Gasteiger partial charge on any atom is -0.446 e. The van der Waals surface area contributed by atoms with Gasteiger partial charge in [0.1, 0.15) is 6.73 Å². The summed E-state index contributed by atoms with van der Waals surface area (Å²) in [4.78, 5) is 13.7. The Hall–Kier alpha value is -1.35. The van der Waals surface area contributed by atoms with E-state index in [1.54, 1.807) is 12.1 Å². The monoisotopic (exact) mass is 205 g/mol. The van der Waals surface area contributed by atoms with Crippen molar-refractivity contribution in [2.24, 2.45) is 0 Å². The molecule has 0 saturated carbocycles. The first-order chi connectivity index (χ1) is 7.36. The van der Waals surface area contributed by atoms with Crippen molar-refractivity contribution in [3.63, 3.8) is 0 Å². The molecule has 1 aliphatic heterocycles. The van der Waals surface area contributed by atoms with E-state index in [9.17, 15) is 4.79 Å². The van der Waals surface area contributed by atoms with E-state index in [0.717, 1.165) is 13.1 Å². The molecule has 3 nitrogen and oxygen atoms in total. The van der Waals surface area contributed by atoms with Gasteiger partial charge in [0.2, 0.25) is 0 Å². The van der Waals surface area contributed by atoms with Crippen molar-refractivity contribution in [3.05, 3.63) is 35.9 Å². The zero-order valence-corrected chi connectivity index (χ0v) is 8.69. The minimum absolute atomic E-state index is 0.234. The van der Waals surface area contributed by atoms with Crippen molar-refractivity contribution in [2.75, 3.05) is 19.8 Å². The SMILES string of the molecule is O=C(OCN1CCCC1)c1ccccc1. The first-order valence-corrected chi connectivity index (χ1v) is 5.31. The molecule has 1 aromatic rings. The van der Waals surface area contributed by atoms with Crippen LogP contribution >= 0.6 is 0 Å². The smallest absolute Gasteiger partial charge is 0.339 e. The maximum absolute atomic E-state index is 11.6. The highest BCUT2D eigenvalue weighted by atomic mass is 16.5. The highest BCUT2D eigenvalue weighted by Gasteiger charge is 2.13. The number of hydrogen-bond donors (Lipinski definition) is 0. The van der Waals surface area contributed by atoms with Gasteiger partial charge in [-0.05, 0) is 25.0 Å². The van der Waals surface area contributed by atoms with Gasteiger partial charge in [0, 0.05) is 13.1 Å². The maximum Gasteiger partial charge on any atom is 0.339 e. The molecule has 0 atom stereocenters. The summed E-state index contributed by atoms with van der Waals surface area (Å²) in [5.74, 6) is -0.234. The third kappa shape index (κ3) is 2.80. The zero-order valence-electron chi connectivity index (χ0n) is 8.69. The molecule has 0 N–H and O–H groups in total. The van der Waals surface area contributed by atoms with E-state index < -0.39 is 0 Å². The number of nitrogens with zero attached hydrogens (tertiary/aromatic N) is 1. The molecule has 2 rings (SSSR count). The summed E-state index contributed by atoms with van der Waals surface area (Å²) in [5.41, 5.74) is 0.622. The third-order valence-corrected chi connectivity index (χ3v) is 2.59. The molecule has 80 valence electrons. The number of esters is 1. The molecule has 0 radical (unpaired) electrons. The molecule has 0 aliphatic carbocycles. The number of rotatable bonds is 3. The van der Waals surface area contributed by atoms with Gasteiger partial charge in [0.15, 0.2) is 0 Å². The van der Waals surface area contributed by atoms with Gasteiger partial charge >= 0.3 is 5.97 Å². The summed E-state index contributed by atoms with van der Waals surface area (Å²) in [6.45, 7) is 2.51. The summed E-state index contributed by atoms with van der Waals surface area (Å²) >= 11 is 0. The Morgan fingerprint density at radius 1 is 1.20 bits per heavy atom. The van der Waals surface area contributed by atoms with Crippen LogP contribution in [0.1, 0.15) is 23.2 Å². The third-order valence-electron chi connectivity index (χ3n) is 2.59. The molecule has 0 aromatic heterocycles. The molecule has 0 unspecified atom stereocenters. The van der Waals surface area contributed by atoms with E-state index in [1.807, 2.05) is 18.2 Å². The summed E-state index contributed by atoms with van der Waals surface area (Å²) < 4.78 is 5.20. The van der Waals surface area contributed by atoms with Crippen molar-refractivity contribution in [3.8, 4) is 0 Å². The first-order valence-electron chi connectivity index (χ1n) is 5.31. The van der Waals surface area contributed by atoms with Crippen LogP contribution in [0.4, 0.5) is 0 Å². The second-order valence-electron chi connectivity index (χ2n) is 3.75. The largest absolute Gasteiger partial charge is 0.446 e. The van der Waals surface area contributed by atoms with Gasteiger partial charge in [-0.2, -0.15) is 0 Å². The van der Waals surface area contributed by atoms with Gasteiger partial charge in [-0.15, -0.1) is 0 Å². The van der Waals surface area contributed by atoms with Crippen molar-refractivity contribution < 1.29 is 9.53 Å². The molecule has 1 aliphatic rings. The lowest BCUT2D eigenvalue weighted by Gasteiger charge is -2.14. The van der Waals surface area contributed by atoms with Crippen LogP contribution in [0.2, 0.25) is 0 Å². The number of hydrogen-bond acceptors (Lipinski definition) is 3. The van der Waals surface area contributed by atoms with Gasteiger partial charge in [0.25, 0.3) is 0 Å². The average molecular weight is 205 g/mol. The van der Waals surface area contributed by atoms with Crippen LogP contribution in [-0.4, -0.2) is 30.7 Å². The fraction of sp³-hybridized carbons (Fsp3) is 0.417. The van der Waals surface area contributed by atoms with Crippen LogP contribution in [0.3, 0.4) is 0 Å². The van der Waals surface area contributed by atoms with Crippen LogP contribution in [0.5, 0.6) is 0 Å². The maximum atomic E-state index is 11.6. The van der Waals surface area contributed by atoms with Gasteiger partial charge < -0.3 is 4.74 Å². The molecule has 1 fully saturated rings. The Kier molecular flexibility index (Phi) is 3.35. The number of benzene rings is 1. The highest BCUT2D eigenvalue weighted by molar-refractivity contribution is 5.89. The predicted molar refractivity (Wildman–Crippen MR) is 57.5 cm³/mol. The van der Waals surface area contributed by atoms with Gasteiger partial charge in [-0.3, -0.25) is 4.90 Å². The second-order valence-corrected chi connectivity index (χ2v) is 3.75. The molecule has 1 aromatic carbocycles. The lowest BCUT2D eigenvalue weighted by atomic mass is 10.2. The zero-order chi connectivity index (χ0) is 10.5. The van der Waals surface area contributed by atoms with Crippen molar-refractivity contribution in [2.45, 2.75) is 12.8 Å². The topological polar surface area (TPSA) is 29.5 Å². The fourth-order valence-electron chi connectivity index (χ4n) is 1.72. The molecule has 1 heterocycles. The molecule has 0 bridgehead atoms. The summed E-state index contributed by atoms with van der Waals surface area (Å²) in [6.07, 6.45) is 2.42. The van der Waals surface area contributed by atoms with Crippen molar-refractivity contribution in [1.82, 2.24) is 4.90 Å². The molecule has 0 amide bonds. The van der Waals surface area contributed by atoms with E-state index in [4.69, 9.17) is 4.74 Å². The van der Waals surface area contributed by atoms with Gasteiger partial charge in [0.05, 0.1) is 5.56 Å². The molecule has 3 heteroatoms. The van der Waals surface area contributed by atoms with Crippen LogP contribution in [-0.2, 0) is 4.74 Å². The van der Waals surface area contributed by atoms with E-state index in [-0.39, 0.29) is 5.97 Å². The summed E-state index contributed by atoms with van der Waals surface area (Å²) in [5, 5.41) is 0. The summed E-state index contributed by atoms with van der Waals surface area (Å²) in [7, 11) is 0. The van der Waals surface area contributed by atoms with E-state index in [0.29, 0.717) is 12.3 Å². The quantitative estimate of drug-likeness (QED) is 0.706. The molecule has 1 saturated heterocycles. The minimum atomic E-state index is -0.234. The Morgan fingerprint density at radius 3 is 2.53 bits per heavy atom. The summed E-state index contributed by atoms with van der Waals surface area (Å²) in [6, 6.07) is 9.11. The average Bonchev–Trinajstić information content (AvgIpc) is 2.80. The Morgan fingerprint density at radius 2 is 1.87 bits per heavy atom. The van der Waals surface area contributed by atoms with Gasteiger partial charge in [-0.25, -0.2) is 4.79 Å². The first kappa shape index (κ1) is 10.2. The fourth-order valence-corrected chi connectivity index (χ4v) is 1.72. The molecule has 0 spiro atoms. The van der Waals surface area contributed by atoms with E-state index in [2.05, 4.69) is 4.90 Å². The van der Waals surface area contributed by atoms with E-state index in [1.165, 1.54) is 12.8 Å². The predicted octanol–water partition coefficient (Wildman–Crippen LogP) is 1.90. The molecular weight excluding hydrogens is 190 g/mol. The van der Waals surface area contributed by atoms with Crippen molar-refractivity contribution in [1.29, 1.82) is 0 Å². The number of carbonyl (C=O) groups excluding carboxylic acids is 1.